The van der Waals surface area contributed by atoms with Crippen molar-refractivity contribution < 1.29 is 17.6 Å². The number of amides is 1. The Balaban J connectivity index is 1.33. The van der Waals surface area contributed by atoms with Crippen LogP contribution in [-0.2, 0) is 27.8 Å². The molecule has 2 aliphatic heterocycles. The van der Waals surface area contributed by atoms with Gasteiger partial charge >= 0.3 is 0 Å². The van der Waals surface area contributed by atoms with Crippen LogP contribution in [-0.4, -0.2) is 55.8 Å². The van der Waals surface area contributed by atoms with Gasteiger partial charge in [-0.15, -0.1) is 0 Å². The van der Waals surface area contributed by atoms with Crippen LogP contribution in [0.5, 0.6) is 0 Å². The summed E-state index contributed by atoms with van der Waals surface area (Å²) in [5.74, 6) is -0.256. The minimum Gasteiger partial charge on any atom is -0.311 e. The zero-order valence-electron chi connectivity index (χ0n) is 18.7. The minimum absolute atomic E-state index is 0.00871. The number of nitrogens with zero attached hydrogens (tertiary/aromatic N) is 3. The maximum Gasteiger partial charge on any atom is 0.243 e. The molecule has 33 heavy (non-hydrogen) atoms. The number of aryl methyl sites for hydroxylation is 1. The summed E-state index contributed by atoms with van der Waals surface area (Å²) in [6.07, 6.45) is 5.48. The molecule has 1 saturated heterocycles. The van der Waals surface area contributed by atoms with Gasteiger partial charge in [0.05, 0.1) is 11.4 Å². The molecule has 2 aromatic carbocycles. The van der Waals surface area contributed by atoms with Crippen molar-refractivity contribution in [2.24, 2.45) is 0 Å². The second-order valence-corrected chi connectivity index (χ2v) is 11.3. The van der Waals surface area contributed by atoms with Crippen LogP contribution in [0.15, 0.2) is 47.4 Å². The first kappa shape index (κ1) is 22.5. The third-order valence-corrected chi connectivity index (χ3v) is 8.74. The van der Waals surface area contributed by atoms with Gasteiger partial charge < -0.3 is 4.90 Å². The van der Waals surface area contributed by atoms with E-state index in [9.17, 15) is 17.6 Å². The van der Waals surface area contributed by atoms with Crippen molar-refractivity contribution >= 4 is 21.6 Å². The van der Waals surface area contributed by atoms with E-state index in [2.05, 4.69) is 4.90 Å². The van der Waals surface area contributed by atoms with Gasteiger partial charge in [-0.1, -0.05) is 12.1 Å². The number of benzene rings is 2. The Morgan fingerprint density at radius 3 is 2.55 bits per heavy atom. The van der Waals surface area contributed by atoms with E-state index in [0.717, 1.165) is 55.3 Å². The van der Waals surface area contributed by atoms with Crippen LogP contribution in [0.3, 0.4) is 0 Å². The van der Waals surface area contributed by atoms with Gasteiger partial charge in [-0.2, -0.15) is 4.31 Å². The van der Waals surface area contributed by atoms with Crippen LogP contribution in [0.4, 0.5) is 10.1 Å². The lowest BCUT2D eigenvalue weighted by Gasteiger charge is -2.32. The van der Waals surface area contributed by atoms with Crippen LogP contribution >= 0.6 is 0 Å². The predicted molar refractivity (Wildman–Crippen MR) is 125 cm³/mol. The summed E-state index contributed by atoms with van der Waals surface area (Å²) in [7, 11) is -3.48. The van der Waals surface area contributed by atoms with Crippen LogP contribution in [0.1, 0.15) is 43.2 Å². The summed E-state index contributed by atoms with van der Waals surface area (Å²) in [4.78, 5) is 17.6. The van der Waals surface area contributed by atoms with E-state index in [1.54, 1.807) is 33.5 Å². The smallest absolute Gasteiger partial charge is 0.243 e. The molecule has 5 rings (SSSR count). The van der Waals surface area contributed by atoms with Gasteiger partial charge in [-0.25, -0.2) is 12.8 Å². The third-order valence-electron chi connectivity index (χ3n) is 6.85. The number of carbonyl (C=O) groups excluding carboxylic acids is 1. The van der Waals surface area contributed by atoms with E-state index >= 15 is 0 Å². The molecule has 8 heteroatoms. The van der Waals surface area contributed by atoms with Crippen LogP contribution < -0.4 is 4.90 Å². The number of hydrogen-bond donors (Lipinski definition) is 0. The van der Waals surface area contributed by atoms with Crippen LogP contribution in [0.2, 0.25) is 0 Å². The van der Waals surface area contributed by atoms with Crippen molar-refractivity contribution in [3.05, 3.63) is 59.4 Å². The number of hydrogen-bond acceptors (Lipinski definition) is 4. The summed E-state index contributed by atoms with van der Waals surface area (Å²) >= 11 is 0. The van der Waals surface area contributed by atoms with Gasteiger partial charge in [-0.3, -0.25) is 9.69 Å². The van der Waals surface area contributed by atoms with Crippen molar-refractivity contribution in [3.8, 4) is 0 Å². The Hall–Kier alpha value is -2.29. The lowest BCUT2D eigenvalue weighted by Crippen LogP contribution is -2.43. The van der Waals surface area contributed by atoms with Crippen molar-refractivity contribution in [1.82, 2.24) is 9.21 Å². The molecular weight excluding hydrogens is 441 g/mol. The Labute approximate surface area is 195 Å². The fourth-order valence-electron chi connectivity index (χ4n) is 4.95. The quantitative estimate of drug-likeness (QED) is 0.620. The first-order valence-corrected chi connectivity index (χ1v) is 13.3. The molecule has 0 unspecified atom stereocenters. The maximum absolute atomic E-state index is 13.6. The number of anilines is 1. The van der Waals surface area contributed by atoms with Gasteiger partial charge in [0.2, 0.25) is 15.9 Å². The van der Waals surface area contributed by atoms with Gasteiger partial charge in [-0.05, 0) is 80.0 Å². The highest BCUT2D eigenvalue weighted by Gasteiger charge is 2.33. The highest BCUT2D eigenvalue weighted by Crippen LogP contribution is 2.33. The number of rotatable bonds is 7. The van der Waals surface area contributed by atoms with Gasteiger partial charge in [0, 0.05) is 37.9 Å². The molecular formula is C25H30FN3O3S. The zero-order chi connectivity index (χ0) is 23.0. The molecule has 2 heterocycles. The topological polar surface area (TPSA) is 60.9 Å². The molecule has 1 aliphatic carbocycles. The standard InChI is InChI=1S/C25H30FN3O3S/c26-21-7-3-5-19(15-21)17-27(22-8-9-22)18-25(30)29-14-4-6-20-16-23(10-11-24(20)29)33(31,32)28-12-1-2-13-28/h3,5,7,10-11,15-16,22H,1-2,4,6,8-9,12-14,17-18H2. The Morgan fingerprint density at radius 1 is 1.03 bits per heavy atom. The number of carbonyl (C=O) groups is 1. The molecule has 3 aliphatic rings. The molecule has 1 saturated carbocycles. The Kier molecular flexibility index (Phi) is 6.24. The third kappa shape index (κ3) is 4.83. The first-order valence-electron chi connectivity index (χ1n) is 11.8. The molecule has 0 atom stereocenters. The van der Waals surface area contributed by atoms with Gasteiger partial charge in [0.15, 0.2) is 0 Å². The van der Waals surface area contributed by atoms with E-state index in [4.69, 9.17) is 0 Å². The summed E-state index contributed by atoms with van der Waals surface area (Å²) in [5.41, 5.74) is 2.59. The lowest BCUT2D eigenvalue weighted by molar-refractivity contribution is -0.120. The van der Waals surface area contributed by atoms with E-state index in [0.29, 0.717) is 37.1 Å². The Morgan fingerprint density at radius 2 is 1.82 bits per heavy atom. The fraction of sp³-hybridized carbons (Fsp3) is 0.480. The average Bonchev–Trinajstić information content (AvgIpc) is 3.50. The summed E-state index contributed by atoms with van der Waals surface area (Å²) in [6.45, 7) is 2.59. The second kappa shape index (κ2) is 9.16. The van der Waals surface area contributed by atoms with Crippen molar-refractivity contribution in [2.75, 3.05) is 31.1 Å². The molecule has 0 aromatic heterocycles. The van der Waals surface area contributed by atoms with E-state index < -0.39 is 10.0 Å². The molecule has 0 spiro atoms. The first-order chi connectivity index (χ1) is 15.9. The molecule has 176 valence electrons. The minimum atomic E-state index is -3.48. The van der Waals surface area contributed by atoms with Crippen LogP contribution in [0.25, 0.3) is 0 Å². The number of halogens is 1. The van der Waals surface area contributed by atoms with E-state index in [1.165, 1.54) is 12.1 Å². The summed E-state index contributed by atoms with van der Waals surface area (Å²) < 4.78 is 41.1. The normalized spacial score (nSPS) is 19.2. The molecule has 0 bridgehead atoms. The molecule has 0 radical (unpaired) electrons. The number of fused-ring (bicyclic) bond motifs is 1. The number of sulfonamides is 1. The van der Waals surface area contributed by atoms with Gasteiger partial charge in [0.1, 0.15) is 5.82 Å². The predicted octanol–water partition coefficient (Wildman–Crippen LogP) is 3.55. The highest BCUT2D eigenvalue weighted by molar-refractivity contribution is 7.89. The maximum atomic E-state index is 13.6. The summed E-state index contributed by atoms with van der Waals surface area (Å²) in [5, 5.41) is 0. The molecule has 0 N–H and O–H groups in total. The molecule has 2 fully saturated rings. The highest BCUT2D eigenvalue weighted by atomic mass is 32.2. The largest absolute Gasteiger partial charge is 0.311 e. The molecule has 6 nitrogen and oxygen atoms in total. The molecule has 2 aromatic rings. The zero-order valence-corrected chi connectivity index (χ0v) is 19.6. The lowest BCUT2D eigenvalue weighted by atomic mass is 10.0. The Bertz CT molecular complexity index is 1140. The second-order valence-electron chi connectivity index (χ2n) is 9.32. The fourth-order valence-corrected chi connectivity index (χ4v) is 6.52. The monoisotopic (exact) mass is 471 g/mol. The van der Waals surface area contributed by atoms with Crippen molar-refractivity contribution in [1.29, 1.82) is 0 Å². The van der Waals surface area contributed by atoms with Gasteiger partial charge in [0.25, 0.3) is 0 Å². The molecule has 1 amide bonds. The van der Waals surface area contributed by atoms with Crippen molar-refractivity contribution in [2.45, 2.75) is 56.0 Å². The van der Waals surface area contributed by atoms with E-state index in [1.807, 2.05) is 6.07 Å². The van der Waals surface area contributed by atoms with E-state index in [-0.39, 0.29) is 18.3 Å². The van der Waals surface area contributed by atoms with Crippen LogP contribution in [0, 0.1) is 5.82 Å². The average molecular weight is 472 g/mol. The van der Waals surface area contributed by atoms with Crippen molar-refractivity contribution in [3.63, 3.8) is 0 Å². The summed E-state index contributed by atoms with van der Waals surface area (Å²) in [6, 6.07) is 12.1. The SMILES string of the molecule is O=C(CN(Cc1cccc(F)c1)C1CC1)N1CCCc2cc(S(=O)(=O)N3CCCC3)ccc21.